The van der Waals surface area contributed by atoms with Gasteiger partial charge in [0.15, 0.2) is 0 Å². The van der Waals surface area contributed by atoms with Crippen LogP contribution in [0.2, 0.25) is 5.02 Å². The van der Waals surface area contributed by atoms with Gasteiger partial charge in [0.05, 0.1) is 40.1 Å². The molecule has 1 aliphatic heterocycles. The van der Waals surface area contributed by atoms with Gasteiger partial charge < -0.3 is 9.64 Å². The first kappa shape index (κ1) is 18.4. The van der Waals surface area contributed by atoms with Crippen molar-refractivity contribution >= 4 is 39.0 Å². The molecule has 140 valence electrons. The topological polar surface area (TPSA) is 42.4 Å². The molecule has 1 unspecified atom stereocenters. The van der Waals surface area contributed by atoms with Gasteiger partial charge in [-0.25, -0.2) is 4.21 Å². The predicted molar refractivity (Wildman–Crippen MR) is 110 cm³/mol. The molecule has 6 heteroatoms. The van der Waals surface area contributed by atoms with E-state index in [-0.39, 0.29) is 0 Å². The van der Waals surface area contributed by atoms with Gasteiger partial charge in [-0.15, -0.1) is 0 Å². The summed E-state index contributed by atoms with van der Waals surface area (Å²) in [5, 5.41) is 1.58. The average molecular weight is 401 g/mol. The van der Waals surface area contributed by atoms with Gasteiger partial charge in [-0.1, -0.05) is 17.7 Å². The van der Waals surface area contributed by atoms with Crippen molar-refractivity contribution in [3.8, 4) is 0 Å². The normalized spacial score (nSPS) is 15.9. The second kappa shape index (κ2) is 7.58. The van der Waals surface area contributed by atoms with Crippen molar-refractivity contribution in [1.82, 2.24) is 4.98 Å². The minimum absolute atomic E-state index is 0.646. The summed E-state index contributed by atoms with van der Waals surface area (Å²) in [7, 11) is -1.33. The lowest BCUT2D eigenvalue weighted by Gasteiger charge is -2.31. The van der Waals surface area contributed by atoms with Gasteiger partial charge in [-0.2, -0.15) is 0 Å². The van der Waals surface area contributed by atoms with Crippen molar-refractivity contribution in [1.29, 1.82) is 0 Å². The molecule has 1 atom stereocenters. The highest BCUT2D eigenvalue weighted by molar-refractivity contribution is 7.85. The zero-order valence-electron chi connectivity index (χ0n) is 15.4. The molecule has 0 radical (unpaired) electrons. The van der Waals surface area contributed by atoms with Gasteiger partial charge >= 0.3 is 0 Å². The second-order valence-corrected chi connectivity index (χ2v) is 8.63. The van der Waals surface area contributed by atoms with Crippen molar-refractivity contribution in [2.24, 2.45) is 0 Å². The zero-order chi connectivity index (χ0) is 19.0. The maximum atomic E-state index is 13.5. The fraction of sp³-hybridized carbons (Fsp3) is 0.286. The molecule has 2 aromatic carbocycles. The Hall–Kier alpha value is -1.95. The Morgan fingerprint density at radius 2 is 1.85 bits per heavy atom. The summed E-state index contributed by atoms with van der Waals surface area (Å²) in [6.45, 7) is 6.91. The average Bonchev–Trinajstić information content (AvgIpc) is 2.69. The van der Waals surface area contributed by atoms with Crippen molar-refractivity contribution in [3.05, 3.63) is 58.7 Å². The molecule has 0 amide bonds. The Morgan fingerprint density at radius 3 is 2.59 bits per heavy atom. The van der Waals surface area contributed by atoms with E-state index in [1.807, 2.05) is 43.3 Å². The van der Waals surface area contributed by atoms with Crippen LogP contribution in [-0.4, -0.2) is 35.5 Å². The molecule has 1 saturated heterocycles. The molecule has 1 aliphatic rings. The first-order valence-electron chi connectivity index (χ1n) is 8.94. The molecule has 4 nitrogen and oxygen atoms in total. The van der Waals surface area contributed by atoms with Crippen molar-refractivity contribution < 1.29 is 8.95 Å². The smallest absolute Gasteiger partial charge is 0.0886 e. The lowest BCUT2D eigenvalue weighted by Crippen LogP contribution is -2.37. The Kier molecular flexibility index (Phi) is 5.17. The lowest BCUT2D eigenvalue weighted by atomic mass is 10.1. The number of rotatable bonds is 3. The molecule has 2 heterocycles. The number of aryl methyl sites for hydroxylation is 2. The largest absolute Gasteiger partial charge is 0.378 e. The Bertz CT molecular complexity index is 1030. The number of hydrogen-bond acceptors (Lipinski definition) is 4. The molecule has 1 fully saturated rings. The summed E-state index contributed by atoms with van der Waals surface area (Å²) < 4.78 is 19.0. The van der Waals surface area contributed by atoms with E-state index in [9.17, 15) is 4.21 Å². The number of pyridine rings is 1. The summed E-state index contributed by atoms with van der Waals surface area (Å²) in [6, 6.07) is 11.6. The summed E-state index contributed by atoms with van der Waals surface area (Å²) in [5.41, 5.74) is 4.11. The molecule has 27 heavy (non-hydrogen) atoms. The van der Waals surface area contributed by atoms with Crippen LogP contribution >= 0.6 is 11.6 Å². The predicted octanol–water partition coefficient (Wildman–Crippen LogP) is 4.51. The van der Waals surface area contributed by atoms with E-state index in [4.69, 9.17) is 16.3 Å². The van der Waals surface area contributed by atoms with Gasteiger partial charge in [0.1, 0.15) is 0 Å². The monoisotopic (exact) mass is 400 g/mol. The van der Waals surface area contributed by atoms with Crippen molar-refractivity contribution in [3.63, 3.8) is 0 Å². The van der Waals surface area contributed by atoms with Crippen LogP contribution in [0.25, 0.3) is 10.9 Å². The zero-order valence-corrected chi connectivity index (χ0v) is 16.9. The van der Waals surface area contributed by atoms with Crippen LogP contribution in [0, 0.1) is 13.8 Å². The van der Waals surface area contributed by atoms with E-state index >= 15 is 0 Å². The molecule has 0 spiro atoms. The van der Waals surface area contributed by atoms with Crippen LogP contribution < -0.4 is 4.90 Å². The molecule has 0 aliphatic carbocycles. The fourth-order valence-electron chi connectivity index (χ4n) is 3.34. The number of ether oxygens (including phenoxy) is 1. The van der Waals surface area contributed by atoms with E-state index < -0.39 is 10.8 Å². The van der Waals surface area contributed by atoms with Gasteiger partial charge in [0.25, 0.3) is 0 Å². The summed E-state index contributed by atoms with van der Waals surface area (Å²) >= 11 is 6.27. The summed E-state index contributed by atoms with van der Waals surface area (Å²) in [5.74, 6) is 0. The van der Waals surface area contributed by atoms with Gasteiger partial charge in [0, 0.05) is 34.6 Å². The third kappa shape index (κ3) is 3.59. The molecule has 0 saturated carbocycles. The highest BCUT2D eigenvalue weighted by atomic mass is 35.5. The van der Waals surface area contributed by atoms with Crippen LogP contribution in [0.15, 0.2) is 52.4 Å². The third-order valence-electron chi connectivity index (χ3n) is 4.99. The van der Waals surface area contributed by atoms with E-state index in [1.165, 1.54) is 5.56 Å². The van der Waals surface area contributed by atoms with Crippen LogP contribution in [0.1, 0.15) is 11.1 Å². The number of halogens is 1. The standard InChI is InChI=1S/C21H21ClN2O2S/c1-14-3-5-17(11-15(14)2)27(25)20-13-23-19-6-4-16(22)12-18(19)21(20)24-7-9-26-10-8-24/h3-6,11-13H,7-10H2,1-2H3. The Labute approximate surface area is 166 Å². The molecule has 0 bridgehead atoms. The van der Waals surface area contributed by atoms with E-state index in [1.54, 1.807) is 6.20 Å². The number of morpholine rings is 1. The number of benzene rings is 2. The number of aromatic nitrogens is 1. The number of nitrogens with zero attached hydrogens (tertiary/aromatic N) is 2. The highest BCUT2D eigenvalue weighted by Gasteiger charge is 2.23. The second-order valence-electron chi connectivity index (χ2n) is 6.75. The maximum Gasteiger partial charge on any atom is 0.0886 e. The van der Waals surface area contributed by atoms with Crippen molar-refractivity contribution in [2.45, 2.75) is 23.6 Å². The number of anilines is 1. The Balaban J connectivity index is 1.90. The maximum absolute atomic E-state index is 13.5. The minimum atomic E-state index is -1.33. The number of hydrogen-bond donors (Lipinski definition) is 0. The van der Waals surface area contributed by atoms with Gasteiger partial charge in [0.2, 0.25) is 0 Å². The van der Waals surface area contributed by atoms with E-state index in [2.05, 4.69) is 16.8 Å². The van der Waals surface area contributed by atoms with E-state index in [0.717, 1.165) is 45.0 Å². The quantitative estimate of drug-likeness (QED) is 0.648. The minimum Gasteiger partial charge on any atom is -0.378 e. The van der Waals surface area contributed by atoms with Gasteiger partial charge in [-0.3, -0.25) is 4.98 Å². The molecular weight excluding hydrogens is 380 g/mol. The van der Waals surface area contributed by atoms with Crippen LogP contribution in [0.3, 0.4) is 0 Å². The van der Waals surface area contributed by atoms with Gasteiger partial charge in [-0.05, 0) is 55.3 Å². The first-order valence-corrected chi connectivity index (χ1v) is 10.5. The Morgan fingerprint density at radius 1 is 1.07 bits per heavy atom. The number of fused-ring (bicyclic) bond motifs is 1. The molecular formula is C21H21ClN2O2S. The van der Waals surface area contributed by atoms with Crippen LogP contribution in [0.5, 0.6) is 0 Å². The summed E-state index contributed by atoms with van der Waals surface area (Å²) in [6.07, 6.45) is 1.74. The summed E-state index contributed by atoms with van der Waals surface area (Å²) in [4.78, 5) is 8.29. The van der Waals surface area contributed by atoms with E-state index in [0.29, 0.717) is 18.2 Å². The molecule has 3 aromatic rings. The van der Waals surface area contributed by atoms with Crippen molar-refractivity contribution in [2.75, 3.05) is 31.2 Å². The first-order chi connectivity index (χ1) is 13.0. The van der Waals surface area contributed by atoms with Crippen LogP contribution in [0.4, 0.5) is 5.69 Å². The van der Waals surface area contributed by atoms with Crippen LogP contribution in [-0.2, 0) is 15.5 Å². The lowest BCUT2D eigenvalue weighted by molar-refractivity contribution is 0.122. The SMILES string of the molecule is Cc1ccc(S(=O)c2cnc3ccc(Cl)cc3c2N2CCOCC2)cc1C. The fourth-order valence-corrected chi connectivity index (χ4v) is 4.80. The third-order valence-corrected chi connectivity index (χ3v) is 6.60. The molecule has 1 aromatic heterocycles. The molecule has 0 N–H and O–H groups in total. The highest BCUT2D eigenvalue weighted by Crippen LogP contribution is 2.35. The molecule has 4 rings (SSSR count).